The van der Waals surface area contributed by atoms with Crippen LogP contribution in [0.3, 0.4) is 0 Å². The van der Waals surface area contributed by atoms with Crippen LogP contribution in [-0.4, -0.2) is 44.9 Å². The molecule has 1 N–H and O–H groups in total. The number of carbonyl (C=O) groups is 1. The molecule has 15 heavy (non-hydrogen) atoms. The second kappa shape index (κ2) is 4.76. The van der Waals surface area contributed by atoms with E-state index in [2.05, 4.69) is 15.6 Å². The first-order valence-corrected chi connectivity index (χ1v) is 6.12. The average Bonchev–Trinajstić information content (AvgIpc) is 2.66. The molecule has 6 heteroatoms. The van der Waals surface area contributed by atoms with Gasteiger partial charge >= 0.3 is 0 Å². The highest BCUT2D eigenvalue weighted by Crippen LogP contribution is 2.12. The predicted octanol–water partition coefficient (Wildman–Crippen LogP) is 0.0929. The SMILES string of the molecule is Cn1nncc1C(=O)CC1CSCCN1. The van der Waals surface area contributed by atoms with E-state index in [0.29, 0.717) is 18.2 Å². The second-order valence-corrected chi connectivity index (χ2v) is 4.75. The highest BCUT2D eigenvalue weighted by Gasteiger charge is 2.19. The smallest absolute Gasteiger partial charge is 0.184 e. The Morgan fingerprint density at radius 1 is 1.80 bits per heavy atom. The van der Waals surface area contributed by atoms with E-state index in [0.717, 1.165) is 18.1 Å². The Morgan fingerprint density at radius 3 is 3.27 bits per heavy atom. The molecule has 1 aromatic heterocycles. The number of hydrogen-bond acceptors (Lipinski definition) is 5. The van der Waals surface area contributed by atoms with Crippen molar-refractivity contribution < 1.29 is 4.79 Å². The molecule has 0 bridgehead atoms. The molecule has 1 aliphatic rings. The van der Waals surface area contributed by atoms with Crippen molar-refractivity contribution in [3.8, 4) is 0 Å². The molecule has 2 rings (SSSR count). The molecule has 1 saturated heterocycles. The third-order valence-corrected chi connectivity index (χ3v) is 3.56. The summed E-state index contributed by atoms with van der Waals surface area (Å²) in [5.74, 6) is 2.26. The molecule has 0 aromatic carbocycles. The minimum atomic E-state index is 0.113. The van der Waals surface area contributed by atoms with Gasteiger partial charge in [-0.05, 0) is 0 Å². The third kappa shape index (κ3) is 2.57. The van der Waals surface area contributed by atoms with Crippen molar-refractivity contribution in [1.82, 2.24) is 20.3 Å². The number of hydrogen-bond donors (Lipinski definition) is 1. The van der Waals surface area contributed by atoms with E-state index in [4.69, 9.17) is 0 Å². The molecule has 5 nitrogen and oxygen atoms in total. The van der Waals surface area contributed by atoms with E-state index in [9.17, 15) is 4.79 Å². The van der Waals surface area contributed by atoms with Gasteiger partial charge in [-0.1, -0.05) is 5.21 Å². The first-order chi connectivity index (χ1) is 7.27. The van der Waals surface area contributed by atoms with E-state index in [-0.39, 0.29) is 5.78 Å². The Labute approximate surface area is 92.6 Å². The zero-order chi connectivity index (χ0) is 10.7. The molecular formula is C9H14N4OS. The number of aryl methyl sites for hydroxylation is 1. The highest BCUT2D eigenvalue weighted by molar-refractivity contribution is 7.99. The normalized spacial score (nSPS) is 21.5. The van der Waals surface area contributed by atoms with E-state index >= 15 is 0 Å². The second-order valence-electron chi connectivity index (χ2n) is 3.60. The van der Waals surface area contributed by atoms with E-state index in [1.165, 1.54) is 10.9 Å². The van der Waals surface area contributed by atoms with Gasteiger partial charge in [0.05, 0.1) is 6.20 Å². The lowest BCUT2D eigenvalue weighted by atomic mass is 10.1. The van der Waals surface area contributed by atoms with Crippen molar-refractivity contribution in [2.75, 3.05) is 18.1 Å². The van der Waals surface area contributed by atoms with Crippen molar-refractivity contribution in [2.24, 2.45) is 7.05 Å². The summed E-state index contributed by atoms with van der Waals surface area (Å²) in [6.45, 7) is 0.992. The monoisotopic (exact) mass is 226 g/mol. The third-order valence-electron chi connectivity index (χ3n) is 2.43. The molecule has 1 unspecified atom stereocenters. The number of rotatable bonds is 3. The van der Waals surface area contributed by atoms with E-state index in [1.54, 1.807) is 7.05 Å². The average molecular weight is 226 g/mol. The van der Waals surface area contributed by atoms with Crippen LogP contribution in [0.1, 0.15) is 16.9 Å². The molecule has 0 spiro atoms. The summed E-state index contributed by atoms with van der Waals surface area (Å²) in [4.78, 5) is 11.8. The summed E-state index contributed by atoms with van der Waals surface area (Å²) >= 11 is 1.89. The van der Waals surface area contributed by atoms with Crippen LogP contribution in [0.5, 0.6) is 0 Å². The van der Waals surface area contributed by atoms with Gasteiger partial charge in [0.25, 0.3) is 0 Å². The molecule has 1 atom stereocenters. The number of ketones is 1. The van der Waals surface area contributed by atoms with Crippen LogP contribution in [-0.2, 0) is 7.05 Å². The highest BCUT2D eigenvalue weighted by atomic mass is 32.2. The molecule has 1 fully saturated rings. The summed E-state index contributed by atoms with van der Waals surface area (Å²) in [5, 5.41) is 10.8. The zero-order valence-corrected chi connectivity index (χ0v) is 9.46. The van der Waals surface area contributed by atoms with Crippen LogP contribution in [0.15, 0.2) is 6.20 Å². The largest absolute Gasteiger partial charge is 0.312 e. The van der Waals surface area contributed by atoms with Gasteiger partial charge in [0.2, 0.25) is 0 Å². The fourth-order valence-corrected chi connectivity index (χ4v) is 2.57. The molecule has 82 valence electrons. The van der Waals surface area contributed by atoms with Crippen molar-refractivity contribution in [3.63, 3.8) is 0 Å². The van der Waals surface area contributed by atoms with Gasteiger partial charge in [-0.2, -0.15) is 11.8 Å². The fourth-order valence-electron chi connectivity index (χ4n) is 1.62. The van der Waals surface area contributed by atoms with E-state index in [1.807, 2.05) is 11.8 Å². The van der Waals surface area contributed by atoms with Crippen molar-refractivity contribution in [2.45, 2.75) is 12.5 Å². The summed E-state index contributed by atoms with van der Waals surface area (Å²) in [7, 11) is 1.74. The standard InChI is InChI=1S/C9H14N4OS/c1-13-8(5-11-12-13)9(14)4-7-6-15-3-2-10-7/h5,7,10H,2-4,6H2,1H3. The molecule has 0 saturated carbocycles. The summed E-state index contributed by atoms with van der Waals surface area (Å²) < 4.78 is 1.53. The maximum Gasteiger partial charge on any atom is 0.184 e. The lowest BCUT2D eigenvalue weighted by Crippen LogP contribution is -2.39. The first-order valence-electron chi connectivity index (χ1n) is 4.96. The van der Waals surface area contributed by atoms with Crippen molar-refractivity contribution in [1.29, 1.82) is 0 Å². The molecular weight excluding hydrogens is 212 g/mol. The summed E-state index contributed by atoms with van der Waals surface area (Å²) in [6.07, 6.45) is 2.06. The fraction of sp³-hybridized carbons (Fsp3) is 0.667. The van der Waals surface area contributed by atoms with Crippen LogP contribution < -0.4 is 5.32 Å². The molecule has 0 radical (unpaired) electrons. The van der Waals surface area contributed by atoms with Gasteiger partial charge in [-0.15, -0.1) is 5.10 Å². The van der Waals surface area contributed by atoms with Gasteiger partial charge in [-0.3, -0.25) is 4.79 Å². The molecule has 0 aliphatic carbocycles. The predicted molar refractivity (Wildman–Crippen MR) is 59.1 cm³/mol. The van der Waals surface area contributed by atoms with Gasteiger partial charge < -0.3 is 5.32 Å². The van der Waals surface area contributed by atoms with Gasteiger partial charge in [0.15, 0.2) is 5.78 Å². The van der Waals surface area contributed by atoms with Crippen molar-refractivity contribution >= 4 is 17.5 Å². The molecule has 1 aliphatic heterocycles. The first kappa shape index (κ1) is 10.6. The Balaban J connectivity index is 1.94. The molecule has 2 heterocycles. The Morgan fingerprint density at radius 2 is 2.67 bits per heavy atom. The lowest BCUT2D eigenvalue weighted by molar-refractivity contribution is 0.0963. The number of nitrogens with one attached hydrogen (secondary N) is 1. The number of thioether (sulfide) groups is 1. The van der Waals surface area contributed by atoms with Crippen LogP contribution in [0.2, 0.25) is 0 Å². The number of Topliss-reactive ketones (excluding diaryl/α,β-unsaturated/α-hetero) is 1. The van der Waals surface area contributed by atoms with Crippen LogP contribution in [0.25, 0.3) is 0 Å². The zero-order valence-electron chi connectivity index (χ0n) is 8.64. The van der Waals surface area contributed by atoms with Gasteiger partial charge in [0.1, 0.15) is 5.69 Å². The minimum absolute atomic E-state index is 0.113. The van der Waals surface area contributed by atoms with E-state index < -0.39 is 0 Å². The number of carbonyl (C=O) groups excluding carboxylic acids is 1. The summed E-state index contributed by atoms with van der Waals surface area (Å²) in [6, 6.07) is 0.297. The van der Waals surface area contributed by atoms with Gasteiger partial charge in [0, 0.05) is 37.6 Å². The Kier molecular flexibility index (Phi) is 3.37. The Hall–Kier alpha value is -0.880. The van der Waals surface area contributed by atoms with Crippen molar-refractivity contribution in [3.05, 3.63) is 11.9 Å². The lowest BCUT2D eigenvalue weighted by Gasteiger charge is -2.22. The van der Waals surface area contributed by atoms with Crippen LogP contribution in [0, 0.1) is 0 Å². The minimum Gasteiger partial charge on any atom is -0.312 e. The number of aromatic nitrogens is 3. The molecule has 1 aromatic rings. The van der Waals surface area contributed by atoms with Crippen LogP contribution >= 0.6 is 11.8 Å². The maximum atomic E-state index is 11.8. The number of nitrogens with zero attached hydrogens (tertiary/aromatic N) is 3. The summed E-state index contributed by atoms with van der Waals surface area (Å²) in [5.41, 5.74) is 0.590. The van der Waals surface area contributed by atoms with Crippen LogP contribution in [0.4, 0.5) is 0 Å². The maximum absolute atomic E-state index is 11.8. The topological polar surface area (TPSA) is 59.8 Å². The van der Waals surface area contributed by atoms with Gasteiger partial charge in [-0.25, -0.2) is 4.68 Å². The quantitative estimate of drug-likeness (QED) is 0.740. The Bertz CT molecular complexity index is 346. The molecule has 0 amide bonds.